The molecule has 0 saturated carbocycles. The van der Waals surface area contributed by atoms with E-state index < -0.39 is 5.97 Å². The molecular weight excluding hydrogens is 208 g/mol. The standard InChI is InChI=1S/C11H10N2O3/c1-7(14)16-11-4-9-8(3-10(11)15-2)5-12-6-13-9/h3-6H,1-2H3. The van der Waals surface area contributed by atoms with E-state index in [9.17, 15) is 4.79 Å². The van der Waals surface area contributed by atoms with E-state index in [-0.39, 0.29) is 0 Å². The highest BCUT2D eigenvalue weighted by Crippen LogP contribution is 2.31. The van der Waals surface area contributed by atoms with Gasteiger partial charge in [0.25, 0.3) is 0 Å². The first-order valence-electron chi connectivity index (χ1n) is 4.67. The van der Waals surface area contributed by atoms with Gasteiger partial charge in [-0.3, -0.25) is 4.79 Å². The molecule has 0 aliphatic carbocycles. The van der Waals surface area contributed by atoms with Gasteiger partial charge in [0.05, 0.1) is 12.6 Å². The molecule has 0 bridgehead atoms. The van der Waals surface area contributed by atoms with Gasteiger partial charge in [0, 0.05) is 24.6 Å². The van der Waals surface area contributed by atoms with Gasteiger partial charge in [-0.05, 0) is 6.07 Å². The lowest BCUT2D eigenvalue weighted by atomic mass is 10.2. The van der Waals surface area contributed by atoms with Gasteiger partial charge in [-0.1, -0.05) is 0 Å². The fourth-order valence-electron chi connectivity index (χ4n) is 1.38. The van der Waals surface area contributed by atoms with E-state index in [1.54, 1.807) is 18.3 Å². The molecule has 16 heavy (non-hydrogen) atoms. The van der Waals surface area contributed by atoms with Crippen molar-refractivity contribution in [3.05, 3.63) is 24.7 Å². The maximum Gasteiger partial charge on any atom is 0.308 e. The van der Waals surface area contributed by atoms with Crippen molar-refractivity contribution in [1.29, 1.82) is 0 Å². The number of rotatable bonds is 2. The Kier molecular flexibility index (Phi) is 2.68. The molecule has 0 radical (unpaired) electrons. The summed E-state index contributed by atoms with van der Waals surface area (Å²) in [6.45, 7) is 1.34. The summed E-state index contributed by atoms with van der Waals surface area (Å²) >= 11 is 0. The summed E-state index contributed by atoms with van der Waals surface area (Å²) in [5.41, 5.74) is 0.701. The average molecular weight is 218 g/mol. The number of aromatic nitrogens is 2. The van der Waals surface area contributed by atoms with Gasteiger partial charge in [-0.25, -0.2) is 9.97 Å². The summed E-state index contributed by atoms with van der Waals surface area (Å²) in [5, 5.41) is 0.829. The van der Waals surface area contributed by atoms with Crippen LogP contribution in [-0.4, -0.2) is 23.0 Å². The van der Waals surface area contributed by atoms with Crippen LogP contribution in [0.15, 0.2) is 24.7 Å². The number of hydrogen-bond donors (Lipinski definition) is 0. The molecule has 0 atom stereocenters. The highest BCUT2D eigenvalue weighted by Gasteiger charge is 2.09. The maximum absolute atomic E-state index is 10.9. The maximum atomic E-state index is 10.9. The Morgan fingerprint density at radius 3 is 2.81 bits per heavy atom. The molecule has 1 heterocycles. The summed E-state index contributed by atoms with van der Waals surface area (Å²) in [6.07, 6.45) is 3.11. The molecule has 0 unspecified atom stereocenters. The Morgan fingerprint density at radius 2 is 2.12 bits per heavy atom. The molecule has 82 valence electrons. The Morgan fingerprint density at radius 1 is 1.31 bits per heavy atom. The Bertz CT molecular complexity index is 540. The van der Waals surface area contributed by atoms with Crippen LogP contribution in [0.5, 0.6) is 11.5 Å². The zero-order chi connectivity index (χ0) is 11.5. The van der Waals surface area contributed by atoms with Gasteiger partial charge < -0.3 is 9.47 Å². The van der Waals surface area contributed by atoms with Crippen molar-refractivity contribution in [3.8, 4) is 11.5 Å². The molecule has 0 saturated heterocycles. The van der Waals surface area contributed by atoms with E-state index in [1.807, 2.05) is 0 Å². The molecule has 0 fully saturated rings. The number of carbonyl (C=O) groups excluding carboxylic acids is 1. The fraction of sp³-hybridized carbons (Fsp3) is 0.182. The van der Waals surface area contributed by atoms with Crippen molar-refractivity contribution in [2.75, 3.05) is 7.11 Å². The molecule has 0 spiro atoms. The molecule has 0 aliphatic heterocycles. The summed E-state index contributed by atoms with van der Waals surface area (Å²) < 4.78 is 10.1. The molecular formula is C11H10N2O3. The van der Waals surface area contributed by atoms with Crippen LogP contribution in [0.1, 0.15) is 6.92 Å². The SMILES string of the molecule is COc1cc2cncnc2cc1OC(C)=O. The third-order valence-corrected chi connectivity index (χ3v) is 2.04. The smallest absolute Gasteiger partial charge is 0.308 e. The number of carbonyl (C=O) groups is 1. The van der Waals surface area contributed by atoms with E-state index in [0.717, 1.165) is 5.39 Å². The van der Waals surface area contributed by atoms with E-state index in [0.29, 0.717) is 17.0 Å². The van der Waals surface area contributed by atoms with Gasteiger partial charge in [0.2, 0.25) is 0 Å². The minimum Gasteiger partial charge on any atom is -0.493 e. The third kappa shape index (κ3) is 1.93. The van der Waals surface area contributed by atoms with Gasteiger partial charge >= 0.3 is 5.97 Å². The lowest BCUT2D eigenvalue weighted by molar-refractivity contribution is -0.131. The van der Waals surface area contributed by atoms with Gasteiger partial charge in [-0.15, -0.1) is 0 Å². The normalized spacial score (nSPS) is 10.1. The number of esters is 1. The molecule has 0 amide bonds. The van der Waals surface area contributed by atoms with Crippen LogP contribution in [0.25, 0.3) is 10.9 Å². The number of methoxy groups -OCH3 is 1. The molecule has 0 aliphatic rings. The van der Waals surface area contributed by atoms with E-state index >= 15 is 0 Å². The van der Waals surface area contributed by atoms with Gasteiger partial charge in [0.15, 0.2) is 11.5 Å². The largest absolute Gasteiger partial charge is 0.493 e. The Hall–Kier alpha value is -2.17. The first-order chi connectivity index (χ1) is 7.70. The van der Waals surface area contributed by atoms with Crippen LogP contribution in [0.3, 0.4) is 0 Å². The van der Waals surface area contributed by atoms with Gasteiger partial charge in [0.1, 0.15) is 6.33 Å². The third-order valence-electron chi connectivity index (χ3n) is 2.04. The fourth-order valence-corrected chi connectivity index (χ4v) is 1.38. The zero-order valence-electron chi connectivity index (χ0n) is 8.93. The highest BCUT2D eigenvalue weighted by atomic mass is 16.6. The number of hydrogen-bond acceptors (Lipinski definition) is 5. The van der Waals surface area contributed by atoms with Crippen molar-refractivity contribution >= 4 is 16.9 Å². The molecule has 2 aromatic rings. The van der Waals surface area contributed by atoms with E-state index in [4.69, 9.17) is 9.47 Å². The summed E-state index contributed by atoms with van der Waals surface area (Å²) in [6, 6.07) is 3.38. The lowest BCUT2D eigenvalue weighted by Crippen LogP contribution is -2.03. The number of fused-ring (bicyclic) bond motifs is 1. The average Bonchev–Trinajstić information content (AvgIpc) is 2.27. The Labute approximate surface area is 92.0 Å². The van der Waals surface area contributed by atoms with Crippen LogP contribution in [-0.2, 0) is 4.79 Å². The minimum atomic E-state index is -0.397. The lowest BCUT2D eigenvalue weighted by Gasteiger charge is -2.08. The molecule has 5 heteroatoms. The monoisotopic (exact) mass is 218 g/mol. The minimum absolute atomic E-state index is 0.362. The predicted octanol–water partition coefficient (Wildman–Crippen LogP) is 1.56. The van der Waals surface area contributed by atoms with Crippen LogP contribution in [0.4, 0.5) is 0 Å². The van der Waals surface area contributed by atoms with Crippen molar-refractivity contribution in [2.24, 2.45) is 0 Å². The number of benzene rings is 1. The molecule has 1 aromatic heterocycles. The van der Waals surface area contributed by atoms with Crippen LogP contribution in [0.2, 0.25) is 0 Å². The van der Waals surface area contributed by atoms with Crippen molar-refractivity contribution < 1.29 is 14.3 Å². The molecule has 5 nitrogen and oxygen atoms in total. The number of nitrogens with zero attached hydrogens (tertiary/aromatic N) is 2. The second-order valence-corrected chi connectivity index (χ2v) is 3.18. The van der Waals surface area contributed by atoms with Crippen molar-refractivity contribution in [3.63, 3.8) is 0 Å². The summed E-state index contributed by atoms with van der Waals surface area (Å²) in [5.74, 6) is 0.449. The van der Waals surface area contributed by atoms with Crippen LogP contribution >= 0.6 is 0 Å². The van der Waals surface area contributed by atoms with E-state index in [1.165, 1.54) is 20.4 Å². The zero-order valence-corrected chi connectivity index (χ0v) is 8.93. The van der Waals surface area contributed by atoms with Crippen LogP contribution < -0.4 is 9.47 Å². The topological polar surface area (TPSA) is 61.3 Å². The second-order valence-electron chi connectivity index (χ2n) is 3.18. The van der Waals surface area contributed by atoms with Crippen molar-refractivity contribution in [1.82, 2.24) is 9.97 Å². The first-order valence-corrected chi connectivity index (χ1v) is 4.67. The summed E-state index contributed by atoms with van der Waals surface area (Å²) in [7, 11) is 1.51. The predicted molar refractivity (Wildman–Crippen MR) is 57.4 cm³/mol. The molecule has 2 rings (SSSR count). The second kappa shape index (κ2) is 4.14. The van der Waals surface area contributed by atoms with Crippen molar-refractivity contribution in [2.45, 2.75) is 6.92 Å². The van der Waals surface area contributed by atoms with E-state index in [2.05, 4.69) is 9.97 Å². The molecule has 1 aromatic carbocycles. The quantitative estimate of drug-likeness (QED) is 0.565. The number of ether oxygens (including phenoxy) is 2. The van der Waals surface area contributed by atoms with Crippen LogP contribution in [0, 0.1) is 0 Å². The molecule has 0 N–H and O–H groups in total. The van der Waals surface area contributed by atoms with Gasteiger partial charge in [-0.2, -0.15) is 0 Å². The Balaban J connectivity index is 2.58. The summed E-state index contributed by atoms with van der Waals surface area (Å²) in [4.78, 5) is 18.9. The first kappa shape index (κ1) is 10.4. The highest BCUT2D eigenvalue weighted by molar-refractivity contribution is 5.83.